The summed E-state index contributed by atoms with van der Waals surface area (Å²) in [5, 5.41) is 4.32. The number of rotatable bonds is 1. The first-order chi connectivity index (χ1) is 8.22. The molecule has 1 unspecified atom stereocenters. The molecule has 1 atom stereocenters. The molecule has 0 aliphatic carbocycles. The van der Waals surface area contributed by atoms with E-state index in [-0.39, 0.29) is 0 Å². The molecule has 2 aromatic rings. The molecule has 1 aromatic carbocycles. The van der Waals surface area contributed by atoms with Crippen LogP contribution in [0.2, 0.25) is 0 Å². The summed E-state index contributed by atoms with van der Waals surface area (Å²) >= 11 is 0. The first-order valence-electron chi connectivity index (χ1n) is 5.66. The van der Waals surface area contributed by atoms with E-state index in [9.17, 15) is 4.39 Å². The molecule has 5 heteroatoms. The van der Waals surface area contributed by atoms with Crippen molar-refractivity contribution in [3.63, 3.8) is 0 Å². The maximum atomic E-state index is 13.2. The van der Waals surface area contributed by atoms with Crippen molar-refractivity contribution in [3.05, 3.63) is 30.1 Å². The summed E-state index contributed by atoms with van der Waals surface area (Å²) in [5.74, 6) is 1.48. The number of aromatic nitrogens is 3. The van der Waals surface area contributed by atoms with Crippen LogP contribution in [-0.4, -0.2) is 20.9 Å². The lowest BCUT2D eigenvalue weighted by molar-refractivity contribution is 0.242. The molecule has 2 heterocycles. The summed E-state index contributed by atoms with van der Waals surface area (Å²) in [6, 6.07) is 7.42. The Bertz CT molecular complexity index is 549. The summed E-state index contributed by atoms with van der Waals surface area (Å²) in [5.41, 5.74) is 7.27. The molecular weight excluding hydrogens is 219 g/mol. The Balaban J connectivity index is 2.00. The van der Waals surface area contributed by atoms with Crippen LogP contribution in [0.15, 0.2) is 24.3 Å². The van der Waals surface area contributed by atoms with Gasteiger partial charge in [-0.25, -0.2) is 14.1 Å². The van der Waals surface area contributed by atoms with Crippen LogP contribution in [0, 0.1) is 0 Å². The summed E-state index contributed by atoms with van der Waals surface area (Å²) in [6.45, 7) is 0.310. The number of hydrogen-bond donors (Lipinski definition) is 1. The first-order valence-corrected chi connectivity index (χ1v) is 5.66. The van der Waals surface area contributed by atoms with Gasteiger partial charge in [0.1, 0.15) is 12.0 Å². The summed E-state index contributed by atoms with van der Waals surface area (Å²) in [7, 11) is 0. The number of nitrogen functional groups attached to an aromatic ring is 1. The maximum absolute atomic E-state index is 13.2. The summed E-state index contributed by atoms with van der Waals surface area (Å²) < 4.78 is 14.9. The van der Waals surface area contributed by atoms with Crippen molar-refractivity contribution in [3.8, 4) is 11.4 Å². The monoisotopic (exact) mass is 232 g/mol. The molecule has 0 radical (unpaired) electrons. The quantitative estimate of drug-likeness (QED) is 0.763. The normalized spacial score (nSPS) is 19.0. The number of nitrogens with two attached hydrogens (primary N) is 1. The van der Waals surface area contributed by atoms with Gasteiger partial charge in [-0.05, 0) is 18.6 Å². The average molecular weight is 232 g/mol. The zero-order valence-electron chi connectivity index (χ0n) is 9.31. The Kier molecular flexibility index (Phi) is 2.31. The topological polar surface area (TPSA) is 56.7 Å². The van der Waals surface area contributed by atoms with Crippen molar-refractivity contribution >= 4 is 5.69 Å². The molecule has 0 fully saturated rings. The fourth-order valence-electron chi connectivity index (χ4n) is 2.07. The van der Waals surface area contributed by atoms with E-state index in [0.717, 1.165) is 11.4 Å². The van der Waals surface area contributed by atoms with E-state index in [0.29, 0.717) is 30.9 Å². The second-order valence-corrected chi connectivity index (χ2v) is 4.30. The van der Waals surface area contributed by atoms with Crippen molar-refractivity contribution in [2.24, 2.45) is 0 Å². The number of benzene rings is 1. The van der Waals surface area contributed by atoms with Gasteiger partial charge in [-0.3, -0.25) is 0 Å². The van der Waals surface area contributed by atoms with Crippen molar-refractivity contribution in [1.82, 2.24) is 14.8 Å². The Labute approximate surface area is 98.3 Å². The minimum atomic E-state index is -0.808. The van der Waals surface area contributed by atoms with Gasteiger partial charge < -0.3 is 5.73 Å². The van der Waals surface area contributed by atoms with Crippen LogP contribution >= 0.6 is 0 Å². The fraction of sp³-hybridized carbons (Fsp3) is 0.333. The zero-order valence-corrected chi connectivity index (χ0v) is 9.31. The highest BCUT2D eigenvalue weighted by atomic mass is 19.1. The molecule has 88 valence electrons. The number of halogens is 1. The van der Waals surface area contributed by atoms with Crippen LogP contribution in [-0.2, 0) is 13.0 Å². The predicted molar refractivity (Wildman–Crippen MR) is 63.1 cm³/mol. The molecule has 0 spiro atoms. The van der Waals surface area contributed by atoms with Gasteiger partial charge in [0.2, 0.25) is 0 Å². The van der Waals surface area contributed by atoms with E-state index < -0.39 is 6.17 Å². The highest BCUT2D eigenvalue weighted by Gasteiger charge is 2.21. The number of alkyl halides is 1. The number of fused-ring (bicyclic) bond motifs is 1. The van der Waals surface area contributed by atoms with E-state index in [1.165, 1.54) is 0 Å². The lowest BCUT2D eigenvalue weighted by Gasteiger charge is -2.14. The average Bonchev–Trinajstić information content (AvgIpc) is 2.72. The second-order valence-electron chi connectivity index (χ2n) is 4.30. The Hall–Kier alpha value is -1.91. The van der Waals surface area contributed by atoms with Gasteiger partial charge in [-0.1, -0.05) is 12.1 Å². The Morgan fingerprint density at radius 1 is 1.41 bits per heavy atom. The Morgan fingerprint density at radius 2 is 2.29 bits per heavy atom. The molecule has 17 heavy (non-hydrogen) atoms. The highest BCUT2D eigenvalue weighted by Crippen LogP contribution is 2.22. The maximum Gasteiger partial charge on any atom is 0.181 e. The van der Waals surface area contributed by atoms with E-state index in [1.807, 2.05) is 24.3 Å². The molecule has 4 nitrogen and oxygen atoms in total. The highest BCUT2D eigenvalue weighted by molar-refractivity contribution is 5.60. The third-order valence-corrected chi connectivity index (χ3v) is 2.95. The van der Waals surface area contributed by atoms with Gasteiger partial charge in [0.05, 0.1) is 6.54 Å². The largest absolute Gasteiger partial charge is 0.399 e. The van der Waals surface area contributed by atoms with E-state index in [4.69, 9.17) is 5.73 Å². The molecule has 0 bridgehead atoms. The number of hydrogen-bond acceptors (Lipinski definition) is 3. The van der Waals surface area contributed by atoms with Gasteiger partial charge in [-0.15, -0.1) is 0 Å². The molecule has 1 aliphatic heterocycles. The third kappa shape index (κ3) is 1.88. The molecule has 0 saturated carbocycles. The molecule has 3 rings (SSSR count). The smallest absolute Gasteiger partial charge is 0.181 e. The van der Waals surface area contributed by atoms with Crippen molar-refractivity contribution < 1.29 is 4.39 Å². The van der Waals surface area contributed by atoms with Crippen LogP contribution in [0.5, 0.6) is 0 Å². The Morgan fingerprint density at radius 3 is 3.12 bits per heavy atom. The van der Waals surface area contributed by atoms with Crippen LogP contribution in [0.25, 0.3) is 11.4 Å². The van der Waals surface area contributed by atoms with Gasteiger partial charge in [0.25, 0.3) is 0 Å². The van der Waals surface area contributed by atoms with Gasteiger partial charge in [-0.2, -0.15) is 5.10 Å². The minimum Gasteiger partial charge on any atom is -0.399 e. The van der Waals surface area contributed by atoms with E-state index in [2.05, 4.69) is 10.1 Å². The van der Waals surface area contributed by atoms with Crippen LogP contribution in [0.3, 0.4) is 0 Å². The van der Waals surface area contributed by atoms with Crippen molar-refractivity contribution in [2.75, 3.05) is 5.73 Å². The van der Waals surface area contributed by atoms with Gasteiger partial charge >= 0.3 is 0 Å². The lowest BCUT2D eigenvalue weighted by atomic mass is 10.1. The predicted octanol–water partition coefficient (Wildman–Crippen LogP) is 1.81. The number of aryl methyl sites for hydroxylation is 1. The summed E-state index contributed by atoms with van der Waals surface area (Å²) in [4.78, 5) is 4.43. The lowest BCUT2D eigenvalue weighted by Crippen LogP contribution is -2.21. The van der Waals surface area contributed by atoms with Crippen molar-refractivity contribution in [2.45, 2.75) is 25.6 Å². The molecule has 1 aromatic heterocycles. The standard InChI is InChI=1S/C12H13FN4/c13-9-4-5-11-15-12(16-17(11)7-9)8-2-1-3-10(14)6-8/h1-3,6,9H,4-5,7,14H2. The summed E-state index contributed by atoms with van der Waals surface area (Å²) in [6.07, 6.45) is 0.379. The molecule has 2 N–H and O–H groups in total. The van der Waals surface area contributed by atoms with Crippen LogP contribution in [0.1, 0.15) is 12.2 Å². The molecule has 1 aliphatic rings. The van der Waals surface area contributed by atoms with E-state index >= 15 is 0 Å². The molecular formula is C12H13FN4. The molecule has 0 saturated heterocycles. The second kappa shape index (κ2) is 3.84. The number of nitrogens with zero attached hydrogens (tertiary/aromatic N) is 3. The van der Waals surface area contributed by atoms with Gasteiger partial charge in [0.15, 0.2) is 5.82 Å². The first kappa shape index (κ1) is 10.3. The van der Waals surface area contributed by atoms with Gasteiger partial charge in [0, 0.05) is 17.7 Å². The number of anilines is 1. The van der Waals surface area contributed by atoms with Crippen LogP contribution < -0.4 is 5.73 Å². The van der Waals surface area contributed by atoms with Crippen molar-refractivity contribution in [1.29, 1.82) is 0 Å². The SMILES string of the molecule is Nc1cccc(-c2nc3n(n2)CC(F)CC3)c1. The fourth-order valence-corrected chi connectivity index (χ4v) is 2.07. The zero-order chi connectivity index (χ0) is 11.8. The minimum absolute atomic E-state index is 0.310. The third-order valence-electron chi connectivity index (χ3n) is 2.95. The van der Waals surface area contributed by atoms with Crippen LogP contribution in [0.4, 0.5) is 10.1 Å². The molecule has 0 amide bonds. The van der Waals surface area contributed by atoms with E-state index in [1.54, 1.807) is 4.68 Å².